The highest BCUT2D eigenvalue weighted by Gasteiger charge is 2.11. The van der Waals surface area contributed by atoms with Crippen LogP contribution in [-0.4, -0.2) is 6.41 Å². The molecule has 0 fully saturated rings. The number of hydrogen-bond acceptors (Lipinski definition) is 2. The Hall–Kier alpha value is -2.03. The van der Waals surface area contributed by atoms with Crippen LogP contribution in [0.4, 0.5) is 11.4 Å². The molecule has 0 N–H and O–H groups in total. The van der Waals surface area contributed by atoms with Gasteiger partial charge in [0.15, 0.2) is 0 Å². The Bertz CT molecular complexity index is 448. The lowest BCUT2D eigenvalue weighted by molar-refractivity contribution is -0.106. The van der Waals surface area contributed by atoms with Gasteiger partial charge in [-0.1, -0.05) is 18.2 Å². The molecule has 0 aliphatic rings. The highest BCUT2D eigenvalue weighted by molar-refractivity contribution is 5.86. The summed E-state index contributed by atoms with van der Waals surface area (Å²) in [4.78, 5) is 12.6. The smallest absolute Gasteiger partial charge is 0.218 e. The second-order valence-electron chi connectivity index (χ2n) is 3.17. The van der Waals surface area contributed by atoms with Crippen molar-refractivity contribution in [2.75, 3.05) is 4.90 Å². The third-order valence-electron chi connectivity index (χ3n) is 2.23. The summed E-state index contributed by atoms with van der Waals surface area (Å²) in [7, 11) is 0. The van der Waals surface area contributed by atoms with Gasteiger partial charge in [-0.15, -0.1) is 0 Å². The fourth-order valence-corrected chi connectivity index (χ4v) is 1.47. The molecule has 1 aromatic carbocycles. The van der Waals surface area contributed by atoms with Crippen LogP contribution in [0.2, 0.25) is 0 Å². The van der Waals surface area contributed by atoms with Crippen LogP contribution in [0.15, 0.2) is 47.1 Å². The van der Waals surface area contributed by atoms with Crippen molar-refractivity contribution in [1.82, 2.24) is 0 Å². The van der Waals surface area contributed by atoms with Crippen LogP contribution in [-0.2, 0) is 4.79 Å². The zero-order valence-corrected chi connectivity index (χ0v) is 8.38. The number of carbonyl (C=O) groups is 1. The first-order valence-corrected chi connectivity index (χ1v) is 4.66. The standard InChI is InChI=1S/C12H11NO2/c1-10-12(7-8-15-10)13(9-14)11-5-3-2-4-6-11/h2-9H,1H3. The summed E-state index contributed by atoms with van der Waals surface area (Å²) >= 11 is 0. The Morgan fingerprint density at radius 1 is 1.20 bits per heavy atom. The van der Waals surface area contributed by atoms with Gasteiger partial charge in [0.05, 0.1) is 12.0 Å². The highest BCUT2D eigenvalue weighted by atomic mass is 16.3. The summed E-state index contributed by atoms with van der Waals surface area (Å²) in [5, 5.41) is 0. The van der Waals surface area contributed by atoms with E-state index in [1.54, 1.807) is 17.2 Å². The summed E-state index contributed by atoms with van der Waals surface area (Å²) in [5.74, 6) is 0.728. The van der Waals surface area contributed by atoms with Crippen LogP contribution < -0.4 is 4.90 Å². The van der Waals surface area contributed by atoms with Crippen molar-refractivity contribution in [3.63, 3.8) is 0 Å². The molecule has 0 aliphatic heterocycles. The number of para-hydroxylation sites is 1. The van der Waals surface area contributed by atoms with Gasteiger partial charge < -0.3 is 4.42 Å². The molecule has 0 saturated carbocycles. The predicted molar refractivity (Wildman–Crippen MR) is 58.1 cm³/mol. The number of nitrogens with zero attached hydrogens (tertiary/aromatic N) is 1. The van der Waals surface area contributed by atoms with Gasteiger partial charge in [0.2, 0.25) is 6.41 Å². The predicted octanol–water partition coefficient (Wildman–Crippen LogP) is 2.88. The molecular formula is C12H11NO2. The average molecular weight is 201 g/mol. The molecule has 3 nitrogen and oxygen atoms in total. The minimum atomic E-state index is 0.728. The first kappa shape index (κ1) is 9.52. The maximum Gasteiger partial charge on any atom is 0.218 e. The van der Waals surface area contributed by atoms with Gasteiger partial charge in [0.1, 0.15) is 5.76 Å². The largest absolute Gasteiger partial charge is 0.467 e. The SMILES string of the molecule is Cc1occc1N(C=O)c1ccccc1. The number of carbonyl (C=O) groups excluding carboxylic acids is 1. The molecule has 1 amide bonds. The second kappa shape index (κ2) is 4.00. The number of furan rings is 1. The average Bonchev–Trinajstić information content (AvgIpc) is 2.68. The van der Waals surface area contributed by atoms with Crippen LogP contribution in [0.5, 0.6) is 0 Å². The Morgan fingerprint density at radius 2 is 1.93 bits per heavy atom. The molecule has 0 atom stereocenters. The Kier molecular flexibility index (Phi) is 2.54. The van der Waals surface area contributed by atoms with Crippen LogP contribution in [0, 0.1) is 6.92 Å². The number of amides is 1. The van der Waals surface area contributed by atoms with Crippen molar-refractivity contribution in [3.05, 3.63) is 48.4 Å². The van der Waals surface area contributed by atoms with Gasteiger partial charge >= 0.3 is 0 Å². The third kappa shape index (κ3) is 1.76. The molecule has 0 bridgehead atoms. The molecule has 2 rings (SSSR count). The van der Waals surface area contributed by atoms with Gasteiger partial charge in [-0.05, 0) is 19.1 Å². The topological polar surface area (TPSA) is 33.5 Å². The summed E-state index contributed by atoms with van der Waals surface area (Å²) < 4.78 is 5.17. The van der Waals surface area contributed by atoms with Gasteiger partial charge in [0, 0.05) is 11.8 Å². The first-order valence-electron chi connectivity index (χ1n) is 4.66. The summed E-state index contributed by atoms with van der Waals surface area (Å²) in [5.41, 5.74) is 1.60. The van der Waals surface area contributed by atoms with E-state index < -0.39 is 0 Å². The third-order valence-corrected chi connectivity index (χ3v) is 2.23. The zero-order valence-electron chi connectivity index (χ0n) is 8.38. The Balaban J connectivity index is 2.42. The molecular weight excluding hydrogens is 190 g/mol. The van der Waals surface area contributed by atoms with E-state index in [9.17, 15) is 4.79 Å². The van der Waals surface area contributed by atoms with Crippen molar-refractivity contribution in [3.8, 4) is 0 Å². The van der Waals surface area contributed by atoms with Gasteiger partial charge in [-0.2, -0.15) is 0 Å². The minimum absolute atomic E-state index is 0.728. The molecule has 15 heavy (non-hydrogen) atoms. The lowest BCUT2D eigenvalue weighted by Gasteiger charge is -2.15. The quantitative estimate of drug-likeness (QED) is 0.715. The Labute approximate surface area is 87.9 Å². The molecule has 1 heterocycles. The molecule has 3 heteroatoms. The molecule has 0 radical (unpaired) electrons. The van der Waals surface area contributed by atoms with Crippen LogP contribution in [0.3, 0.4) is 0 Å². The van der Waals surface area contributed by atoms with Crippen molar-refractivity contribution < 1.29 is 9.21 Å². The van der Waals surface area contributed by atoms with Crippen LogP contribution in [0.25, 0.3) is 0 Å². The molecule has 1 aromatic heterocycles. The van der Waals surface area contributed by atoms with E-state index in [2.05, 4.69) is 0 Å². The zero-order chi connectivity index (χ0) is 10.7. The van der Waals surface area contributed by atoms with Crippen LogP contribution >= 0.6 is 0 Å². The van der Waals surface area contributed by atoms with E-state index >= 15 is 0 Å². The normalized spacial score (nSPS) is 9.93. The lowest BCUT2D eigenvalue weighted by Crippen LogP contribution is -2.13. The minimum Gasteiger partial charge on any atom is -0.467 e. The van der Waals surface area contributed by atoms with Gasteiger partial charge in [-0.3, -0.25) is 9.69 Å². The summed E-state index contributed by atoms with van der Waals surface area (Å²) in [6.45, 7) is 1.83. The molecule has 2 aromatic rings. The molecule has 0 saturated heterocycles. The molecule has 0 aliphatic carbocycles. The molecule has 0 spiro atoms. The molecule has 76 valence electrons. The van der Waals surface area contributed by atoms with Gasteiger partial charge in [0.25, 0.3) is 0 Å². The molecule has 0 unspecified atom stereocenters. The number of aryl methyl sites for hydroxylation is 1. The Morgan fingerprint density at radius 3 is 2.47 bits per heavy atom. The van der Waals surface area contributed by atoms with E-state index in [0.29, 0.717) is 0 Å². The highest BCUT2D eigenvalue weighted by Crippen LogP contribution is 2.27. The van der Waals surface area contributed by atoms with Crippen molar-refractivity contribution in [1.29, 1.82) is 0 Å². The maximum atomic E-state index is 11.0. The number of benzene rings is 1. The lowest BCUT2D eigenvalue weighted by atomic mass is 10.2. The maximum absolute atomic E-state index is 11.0. The monoisotopic (exact) mass is 201 g/mol. The van der Waals surface area contributed by atoms with Crippen molar-refractivity contribution in [2.24, 2.45) is 0 Å². The van der Waals surface area contributed by atoms with E-state index in [4.69, 9.17) is 4.42 Å². The van der Waals surface area contributed by atoms with Crippen LogP contribution in [0.1, 0.15) is 5.76 Å². The fourth-order valence-electron chi connectivity index (χ4n) is 1.47. The summed E-state index contributed by atoms with van der Waals surface area (Å²) in [6, 6.07) is 11.2. The van der Waals surface area contributed by atoms with E-state index in [0.717, 1.165) is 23.5 Å². The fraction of sp³-hybridized carbons (Fsp3) is 0.0833. The van der Waals surface area contributed by atoms with Crippen molar-refractivity contribution >= 4 is 17.8 Å². The van der Waals surface area contributed by atoms with E-state index in [-0.39, 0.29) is 0 Å². The van der Waals surface area contributed by atoms with E-state index in [1.165, 1.54) is 0 Å². The number of hydrogen-bond donors (Lipinski definition) is 0. The number of anilines is 2. The second-order valence-corrected chi connectivity index (χ2v) is 3.17. The van der Waals surface area contributed by atoms with Gasteiger partial charge in [-0.25, -0.2) is 0 Å². The van der Waals surface area contributed by atoms with Crippen molar-refractivity contribution in [2.45, 2.75) is 6.92 Å². The summed E-state index contributed by atoms with van der Waals surface area (Å²) in [6.07, 6.45) is 2.36. The first-order chi connectivity index (χ1) is 7.33. The number of rotatable bonds is 3. The van der Waals surface area contributed by atoms with E-state index in [1.807, 2.05) is 37.3 Å².